The number of anilines is 2. The molecule has 1 aliphatic rings. The van der Waals surface area contributed by atoms with Crippen LogP contribution in [0.1, 0.15) is 30.4 Å². The average Bonchev–Trinajstić information content (AvgIpc) is 2.36. The van der Waals surface area contributed by atoms with E-state index in [1.165, 1.54) is 28.9 Å². The fraction of sp³-hybridized carbons (Fsp3) is 0.250. The number of fused-ring (bicyclic) bond motifs is 2. The van der Waals surface area contributed by atoms with E-state index in [4.69, 9.17) is 0 Å². The van der Waals surface area contributed by atoms with Crippen molar-refractivity contribution < 1.29 is 0 Å². The summed E-state index contributed by atoms with van der Waals surface area (Å²) in [4.78, 5) is 0. The summed E-state index contributed by atoms with van der Waals surface area (Å²) < 4.78 is 0. The van der Waals surface area contributed by atoms with Crippen LogP contribution < -0.4 is 5.32 Å². The minimum atomic E-state index is 0.618. The van der Waals surface area contributed by atoms with Crippen LogP contribution in [0.5, 0.6) is 0 Å². The van der Waals surface area contributed by atoms with Crippen molar-refractivity contribution in [3.8, 4) is 0 Å². The van der Waals surface area contributed by atoms with Crippen LogP contribution in [0.15, 0.2) is 48.5 Å². The average molecular weight is 223 g/mol. The Morgan fingerprint density at radius 3 is 2.53 bits per heavy atom. The summed E-state index contributed by atoms with van der Waals surface area (Å²) in [5, 5.41) is 3.57. The Bertz CT molecular complexity index is 531. The highest BCUT2D eigenvalue weighted by molar-refractivity contribution is 5.67. The first kappa shape index (κ1) is 10.4. The third kappa shape index (κ3) is 1.93. The molecular formula is C16H17N. The van der Waals surface area contributed by atoms with E-state index in [0.29, 0.717) is 5.92 Å². The van der Waals surface area contributed by atoms with Crippen molar-refractivity contribution in [1.29, 1.82) is 0 Å². The van der Waals surface area contributed by atoms with E-state index in [9.17, 15) is 0 Å². The highest BCUT2D eigenvalue weighted by atomic mass is 14.9. The summed E-state index contributed by atoms with van der Waals surface area (Å²) in [6, 6.07) is 17.3. The summed E-state index contributed by atoms with van der Waals surface area (Å²) in [7, 11) is 0. The van der Waals surface area contributed by atoms with Gasteiger partial charge < -0.3 is 5.32 Å². The maximum Gasteiger partial charge on any atom is 0.0419 e. The molecule has 1 unspecified atom stereocenters. The van der Waals surface area contributed by atoms with Crippen LogP contribution in [0, 0.1) is 0 Å². The van der Waals surface area contributed by atoms with Crippen LogP contribution in [-0.2, 0) is 6.42 Å². The lowest BCUT2D eigenvalue weighted by Gasteiger charge is -2.23. The van der Waals surface area contributed by atoms with Crippen LogP contribution >= 0.6 is 0 Å². The summed E-state index contributed by atoms with van der Waals surface area (Å²) >= 11 is 0. The molecule has 0 radical (unpaired) electrons. The molecule has 1 heterocycles. The van der Waals surface area contributed by atoms with Gasteiger partial charge in [-0.05, 0) is 42.0 Å². The maximum absolute atomic E-state index is 3.57. The van der Waals surface area contributed by atoms with Gasteiger partial charge in [-0.25, -0.2) is 0 Å². The Balaban J connectivity index is 2.09. The number of hydrogen-bond donors (Lipinski definition) is 1. The number of hydrogen-bond acceptors (Lipinski definition) is 1. The predicted octanol–water partition coefficient (Wildman–Crippen LogP) is 4.48. The van der Waals surface area contributed by atoms with Crippen molar-refractivity contribution in [2.45, 2.75) is 25.7 Å². The standard InChI is InChI=1S/C16H17N/c1-12-10-11-13-6-2-4-8-15(13)17-16-9-5-3-7-14(12)16/h2-9,12,17H,10-11H2,1H3. The second-order valence-corrected chi connectivity index (χ2v) is 4.81. The molecule has 2 aromatic carbocycles. The third-order valence-corrected chi connectivity index (χ3v) is 3.63. The van der Waals surface area contributed by atoms with Gasteiger partial charge in [-0.15, -0.1) is 0 Å². The van der Waals surface area contributed by atoms with Crippen LogP contribution in [0.3, 0.4) is 0 Å². The molecule has 0 aliphatic carbocycles. The molecule has 2 aromatic rings. The van der Waals surface area contributed by atoms with Crippen LogP contribution in [-0.4, -0.2) is 0 Å². The normalized spacial score (nSPS) is 18.3. The zero-order valence-corrected chi connectivity index (χ0v) is 10.1. The number of aryl methyl sites for hydroxylation is 1. The van der Waals surface area contributed by atoms with E-state index >= 15 is 0 Å². The molecule has 0 bridgehead atoms. The molecular weight excluding hydrogens is 206 g/mol. The van der Waals surface area contributed by atoms with Crippen LogP contribution in [0.4, 0.5) is 11.4 Å². The number of para-hydroxylation sites is 2. The van der Waals surface area contributed by atoms with Gasteiger partial charge in [0.15, 0.2) is 0 Å². The maximum atomic E-state index is 3.57. The zero-order valence-electron chi connectivity index (χ0n) is 10.1. The minimum Gasteiger partial charge on any atom is -0.355 e. The van der Waals surface area contributed by atoms with Crippen LogP contribution in [0.2, 0.25) is 0 Å². The van der Waals surface area contributed by atoms with E-state index in [1.807, 2.05) is 0 Å². The Morgan fingerprint density at radius 1 is 0.941 bits per heavy atom. The van der Waals surface area contributed by atoms with Crippen molar-refractivity contribution >= 4 is 11.4 Å². The molecule has 1 aliphatic heterocycles. The summed E-state index contributed by atoms with van der Waals surface area (Å²) in [6.45, 7) is 2.31. The molecule has 1 N–H and O–H groups in total. The van der Waals surface area contributed by atoms with Gasteiger partial charge in [-0.1, -0.05) is 43.3 Å². The fourth-order valence-electron chi connectivity index (χ4n) is 2.57. The molecule has 3 rings (SSSR count). The van der Waals surface area contributed by atoms with Crippen LogP contribution in [0.25, 0.3) is 0 Å². The van der Waals surface area contributed by atoms with Crippen molar-refractivity contribution in [1.82, 2.24) is 0 Å². The number of rotatable bonds is 0. The van der Waals surface area contributed by atoms with Gasteiger partial charge in [-0.3, -0.25) is 0 Å². The van der Waals surface area contributed by atoms with Gasteiger partial charge >= 0.3 is 0 Å². The molecule has 1 heteroatoms. The molecule has 0 amide bonds. The first-order valence-corrected chi connectivity index (χ1v) is 6.28. The second kappa shape index (κ2) is 4.25. The summed E-state index contributed by atoms with van der Waals surface area (Å²) in [6.07, 6.45) is 2.37. The smallest absolute Gasteiger partial charge is 0.0419 e. The van der Waals surface area contributed by atoms with Crippen molar-refractivity contribution in [2.24, 2.45) is 0 Å². The molecule has 1 nitrogen and oxygen atoms in total. The zero-order chi connectivity index (χ0) is 11.7. The Morgan fingerprint density at radius 2 is 1.65 bits per heavy atom. The summed E-state index contributed by atoms with van der Waals surface area (Å²) in [5.74, 6) is 0.618. The lowest BCUT2D eigenvalue weighted by atomic mass is 9.90. The first-order valence-electron chi connectivity index (χ1n) is 6.28. The molecule has 86 valence electrons. The number of nitrogens with one attached hydrogen (secondary N) is 1. The van der Waals surface area contributed by atoms with E-state index in [2.05, 4.69) is 60.8 Å². The van der Waals surface area contributed by atoms with Crippen molar-refractivity contribution in [3.05, 3.63) is 59.7 Å². The molecule has 1 atom stereocenters. The van der Waals surface area contributed by atoms with E-state index in [0.717, 1.165) is 6.42 Å². The van der Waals surface area contributed by atoms with Crippen molar-refractivity contribution in [2.75, 3.05) is 5.32 Å². The Labute approximate surface area is 102 Å². The van der Waals surface area contributed by atoms with E-state index < -0.39 is 0 Å². The minimum absolute atomic E-state index is 0.618. The van der Waals surface area contributed by atoms with E-state index in [-0.39, 0.29) is 0 Å². The number of benzene rings is 2. The van der Waals surface area contributed by atoms with Gasteiger partial charge in [0.25, 0.3) is 0 Å². The lowest BCUT2D eigenvalue weighted by Crippen LogP contribution is -2.07. The van der Waals surface area contributed by atoms with Gasteiger partial charge in [0.1, 0.15) is 0 Å². The van der Waals surface area contributed by atoms with Gasteiger partial charge in [0.2, 0.25) is 0 Å². The lowest BCUT2D eigenvalue weighted by molar-refractivity contribution is 0.678. The molecule has 0 spiro atoms. The first-order chi connectivity index (χ1) is 8.34. The van der Waals surface area contributed by atoms with Gasteiger partial charge in [0.05, 0.1) is 0 Å². The largest absolute Gasteiger partial charge is 0.355 e. The van der Waals surface area contributed by atoms with E-state index in [1.54, 1.807) is 0 Å². The monoisotopic (exact) mass is 223 g/mol. The summed E-state index contributed by atoms with van der Waals surface area (Å²) in [5.41, 5.74) is 5.37. The van der Waals surface area contributed by atoms with Gasteiger partial charge in [0, 0.05) is 11.4 Å². The third-order valence-electron chi connectivity index (χ3n) is 3.63. The predicted molar refractivity (Wildman–Crippen MR) is 72.9 cm³/mol. The van der Waals surface area contributed by atoms with Crippen molar-refractivity contribution in [3.63, 3.8) is 0 Å². The molecule has 0 saturated heterocycles. The molecule has 0 aromatic heterocycles. The highest BCUT2D eigenvalue weighted by Crippen LogP contribution is 2.34. The molecule has 17 heavy (non-hydrogen) atoms. The highest BCUT2D eigenvalue weighted by Gasteiger charge is 2.15. The quantitative estimate of drug-likeness (QED) is 0.694. The fourth-order valence-corrected chi connectivity index (χ4v) is 2.57. The Kier molecular flexibility index (Phi) is 2.60. The Hall–Kier alpha value is -1.76. The molecule has 0 fully saturated rings. The second-order valence-electron chi connectivity index (χ2n) is 4.81. The van der Waals surface area contributed by atoms with Gasteiger partial charge in [-0.2, -0.15) is 0 Å². The SMILES string of the molecule is CC1CCc2ccccc2Nc2ccccc21. The molecule has 0 saturated carbocycles. The topological polar surface area (TPSA) is 12.0 Å².